The zero-order valence-corrected chi connectivity index (χ0v) is 14.3. The zero-order valence-electron chi connectivity index (χ0n) is 13.5. The number of carbonyl (C=O) groups excluding carboxylic acids is 1. The molecule has 4 rings (SSSR count). The van der Waals surface area contributed by atoms with Gasteiger partial charge in [-0.1, -0.05) is 41.9 Å². The number of rotatable bonds is 3. The first-order valence-corrected chi connectivity index (χ1v) is 8.66. The fourth-order valence-electron chi connectivity index (χ4n) is 3.40. The number of amides is 1. The molecule has 25 heavy (non-hydrogen) atoms. The maximum Gasteiger partial charge on any atom is 0.268 e. The maximum absolute atomic E-state index is 12.8. The summed E-state index contributed by atoms with van der Waals surface area (Å²) in [4.78, 5) is 27.7. The monoisotopic (exact) mass is 352 g/mol. The van der Waals surface area contributed by atoms with Gasteiger partial charge in [-0.15, -0.1) is 0 Å². The summed E-state index contributed by atoms with van der Waals surface area (Å²) in [6, 6.07) is 16.5. The predicted molar refractivity (Wildman–Crippen MR) is 99.0 cm³/mol. The van der Waals surface area contributed by atoms with Gasteiger partial charge in [0, 0.05) is 10.4 Å². The number of carbonyl (C=O) groups is 1. The number of H-pyrrole nitrogens is 1. The highest BCUT2D eigenvalue weighted by atomic mass is 35.5. The normalized spacial score (nSPS) is 15.6. The van der Waals surface area contributed by atoms with Crippen LogP contribution in [-0.4, -0.2) is 10.9 Å². The minimum Gasteiger partial charge on any atom is -0.341 e. The largest absolute Gasteiger partial charge is 0.341 e. The van der Waals surface area contributed by atoms with Crippen LogP contribution in [0, 0.1) is 0 Å². The summed E-state index contributed by atoms with van der Waals surface area (Å²) in [5.41, 5.74) is 0.686. The predicted octanol–water partition coefficient (Wildman–Crippen LogP) is 3.99. The van der Waals surface area contributed by atoms with Crippen molar-refractivity contribution in [3.05, 3.63) is 81.2 Å². The fraction of sp³-hybridized carbons (Fsp3) is 0.200. The van der Waals surface area contributed by atoms with Crippen molar-refractivity contribution in [3.8, 4) is 0 Å². The summed E-state index contributed by atoms with van der Waals surface area (Å²) < 4.78 is 0. The second kappa shape index (κ2) is 6.05. The molecule has 0 radical (unpaired) electrons. The molecule has 0 spiro atoms. The first-order valence-electron chi connectivity index (χ1n) is 8.28. The molecule has 1 fully saturated rings. The Morgan fingerprint density at radius 1 is 1.08 bits per heavy atom. The first kappa shape index (κ1) is 15.9. The molecule has 126 valence electrons. The third kappa shape index (κ3) is 2.83. The molecule has 0 bridgehead atoms. The van der Waals surface area contributed by atoms with Crippen molar-refractivity contribution in [2.45, 2.75) is 24.8 Å². The number of nitrogens with one attached hydrogen (secondary N) is 2. The number of halogens is 1. The Morgan fingerprint density at radius 3 is 2.48 bits per heavy atom. The van der Waals surface area contributed by atoms with Crippen LogP contribution in [0.15, 0.2) is 59.4 Å². The van der Waals surface area contributed by atoms with E-state index in [0.29, 0.717) is 10.4 Å². The second-order valence-corrected chi connectivity index (χ2v) is 6.93. The Morgan fingerprint density at radius 2 is 1.80 bits per heavy atom. The molecule has 0 saturated heterocycles. The smallest absolute Gasteiger partial charge is 0.268 e. The van der Waals surface area contributed by atoms with Gasteiger partial charge >= 0.3 is 0 Å². The van der Waals surface area contributed by atoms with Crippen molar-refractivity contribution in [3.63, 3.8) is 0 Å². The second-order valence-electron chi connectivity index (χ2n) is 6.50. The molecule has 1 aliphatic rings. The minimum absolute atomic E-state index is 0.252. The zero-order chi connectivity index (χ0) is 17.4. The lowest BCUT2D eigenvalue weighted by Crippen LogP contribution is -2.51. The van der Waals surface area contributed by atoms with Gasteiger partial charge in [0.1, 0.15) is 5.69 Å². The lowest BCUT2D eigenvalue weighted by atomic mass is 9.71. The highest BCUT2D eigenvalue weighted by molar-refractivity contribution is 6.30. The van der Waals surface area contributed by atoms with Crippen LogP contribution in [0.1, 0.15) is 35.3 Å². The quantitative estimate of drug-likeness (QED) is 0.748. The van der Waals surface area contributed by atoms with E-state index in [1.54, 1.807) is 18.2 Å². The third-order valence-electron chi connectivity index (χ3n) is 4.95. The van der Waals surface area contributed by atoms with Crippen molar-refractivity contribution in [1.29, 1.82) is 0 Å². The highest BCUT2D eigenvalue weighted by Crippen LogP contribution is 2.41. The maximum atomic E-state index is 12.8. The number of hydrogen-bond acceptors (Lipinski definition) is 2. The number of aromatic amines is 1. The van der Waals surface area contributed by atoms with Gasteiger partial charge in [-0.2, -0.15) is 0 Å². The first-order chi connectivity index (χ1) is 12.1. The lowest BCUT2D eigenvalue weighted by molar-refractivity contribution is 0.0818. The van der Waals surface area contributed by atoms with Crippen LogP contribution in [-0.2, 0) is 5.54 Å². The molecule has 1 amide bonds. The van der Waals surface area contributed by atoms with Crippen molar-refractivity contribution in [2.75, 3.05) is 0 Å². The Labute approximate surface area is 149 Å². The molecule has 0 aliphatic heterocycles. The van der Waals surface area contributed by atoms with Crippen LogP contribution in [0.25, 0.3) is 10.8 Å². The third-order valence-corrected chi connectivity index (χ3v) is 5.21. The lowest BCUT2D eigenvalue weighted by Gasteiger charge is -2.43. The van der Waals surface area contributed by atoms with Gasteiger partial charge in [0.15, 0.2) is 0 Å². The molecule has 5 heteroatoms. The molecule has 0 atom stereocenters. The van der Waals surface area contributed by atoms with Gasteiger partial charge in [0.25, 0.3) is 11.5 Å². The fourth-order valence-corrected chi connectivity index (χ4v) is 3.53. The van der Waals surface area contributed by atoms with Crippen LogP contribution in [0.5, 0.6) is 0 Å². The van der Waals surface area contributed by atoms with E-state index in [2.05, 4.69) is 10.3 Å². The Bertz CT molecular complexity index is 1000. The molecule has 4 nitrogen and oxygen atoms in total. The van der Waals surface area contributed by atoms with Gasteiger partial charge in [0.05, 0.1) is 5.54 Å². The van der Waals surface area contributed by atoms with Crippen LogP contribution in [0.3, 0.4) is 0 Å². The molecule has 1 saturated carbocycles. The van der Waals surface area contributed by atoms with Gasteiger partial charge in [-0.25, -0.2) is 0 Å². The van der Waals surface area contributed by atoms with Crippen molar-refractivity contribution >= 4 is 28.3 Å². The number of benzene rings is 2. The van der Waals surface area contributed by atoms with E-state index in [-0.39, 0.29) is 22.7 Å². The van der Waals surface area contributed by atoms with E-state index in [9.17, 15) is 9.59 Å². The molecule has 3 aromatic rings. The van der Waals surface area contributed by atoms with Gasteiger partial charge < -0.3 is 10.3 Å². The average molecular weight is 353 g/mol. The van der Waals surface area contributed by atoms with E-state index in [1.807, 2.05) is 36.4 Å². The summed E-state index contributed by atoms with van der Waals surface area (Å²) in [6.45, 7) is 0. The molecule has 1 aromatic heterocycles. The summed E-state index contributed by atoms with van der Waals surface area (Å²) in [7, 11) is 0. The number of aromatic nitrogens is 1. The summed E-state index contributed by atoms with van der Waals surface area (Å²) in [5.74, 6) is -0.266. The Hall–Kier alpha value is -2.59. The minimum atomic E-state index is -0.385. The Kier molecular flexibility index (Phi) is 3.85. The highest BCUT2D eigenvalue weighted by Gasteiger charge is 2.40. The molecule has 2 N–H and O–H groups in total. The molecule has 1 heterocycles. The summed E-state index contributed by atoms with van der Waals surface area (Å²) >= 11 is 5.97. The average Bonchev–Trinajstić information content (AvgIpc) is 2.59. The number of fused-ring (bicyclic) bond motifs is 1. The van der Waals surface area contributed by atoms with E-state index in [0.717, 1.165) is 30.2 Å². The van der Waals surface area contributed by atoms with E-state index in [4.69, 9.17) is 11.6 Å². The van der Waals surface area contributed by atoms with E-state index < -0.39 is 0 Å². The molecule has 2 aromatic carbocycles. The van der Waals surface area contributed by atoms with Crippen molar-refractivity contribution in [1.82, 2.24) is 10.3 Å². The van der Waals surface area contributed by atoms with Crippen LogP contribution >= 0.6 is 11.6 Å². The summed E-state index contributed by atoms with van der Waals surface area (Å²) in [5, 5.41) is 5.13. The van der Waals surface area contributed by atoms with Crippen LogP contribution in [0.2, 0.25) is 5.02 Å². The van der Waals surface area contributed by atoms with E-state index >= 15 is 0 Å². The van der Waals surface area contributed by atoms with Crippen LogP contribution < -0.4 is 10.9 Å². The van der Waals surface area contributed by atoms with E-state index in [1.165, 1.54) is 0 Å². The Balaban J connectivity index is 1.67. The molecule has 1 aliphatic carbocycles. The summed E-state index contributed by atoms with van der Waals surface area (Å²) in [6.07, 6.45) is 2.80. The van der Waals surface area contributed by atoms with Crippen LogP contribution in [0.4, 0.5) is 0 Å². The SMILES string of the molecule is O=C(NC1(c2ccc(Cl)cc2)CCC1)c1cc2ccccc2c(=O)[nH]1. The number of hydrogen-bond donors (Lipinski definition) is 2. The molecular formula is C20H17ClN2O2. The van der Waals surface area contributed by atoms with Crippen molar-refractivity contribution in [2.24, 2.45) is 0 Å². The van der Waals surface area contributed by atoms with Gasteiger partial charge in [-0.05, 0) is 54.5 Å². The van der Waals surface area contributed by atoms with Gasteiger partial charge in [0.2, 0.25) is 0 Å². The molecular weight excluding hydrogens is 336 g/mol. The molecule has 0 unspecified atom stereocenters. The standard InChI is InChI=1S/C20H17ClN2O2/c21-15-8-6-14(7-9-15)20(10-3-11-20)23-19(25)17-12-13-4-1-2-5-16(13)18(24)22-17/h1-2,4-9,12H,3,10-11H2,(H,22,24)(H,23,25). The van der Waals surface area contributed by atoms with Crippen molar-refractivity contribution < 1.29 is 4.79 Å². The van der Waals surface area contributed by atoms with Gasteiger partial charge in [-0.3, -0.25) is 9.59 Å². The topological polar surface area (TPSA) is 62.0 Å². The number of pyridine rings is 1.